The van der Waals surface area contributed by atoms with Gasteiger partial charge in [-0.15, -0.1) is 0 Å². The zero-order chi connectivity index (χ0) is 37.2. The van der Waals surface area contributed by atoms with Gasteiger partial charge in [0, 0.05) is 73.8 Å². The second-order valence-corrected chi connectivity index (χ2v) is 14.8. The van der Waals surface area contributed by atoms with E-state index in [9.17, 15) is 5.26 Å². The molecule has 0 saturated carbocycles. The number of pyridine rings is 1. The minimum atomic E-state index is 0.604. The van der Waals surface area contributed by atoms with Gasteiger partial charge in [-0.25, -0.2) is 0 Å². The second-order valence-electron chi connectivity index (χ2n) is 14.8. The maximum Gasteiger partial charge on any atom is 0.0991 e. The first kappa shape index (κ1) is 30.8. The van der Waals surface area contributed by atoms with E-state index in [0.29, 0.717) is 5.56 Å². The highest BCUT2D eigenvalue weighted by atomic mass is 15.1. The van der Waals surface area contributed by atoms with Gasteiger partial charge in [-0.2, -0.15) is 5.26 Å². The molecule has 7 aromatic carbocycles. The normalized spacial score (nSPS) is 12.1. The van der Waals surface area contributed by atoms with Crippen molar-refractivity contribution < 1.29 is 0 Å². The van der Waals surface area contributed by atoms with Gasteiger partial charge < -0.3 is 18.3 Å². The van der Waals surface area contributed by atoms with E-state index in [1.165, 1.54) is 54.1 Å². The van der Waals surface area contributed by atoms with Crippen LogP contribution in [-0.4, -0.2) is 23.3 Å². The van der Waals surface area contributed by atoms with E-state index < -0.39 is 0 Å². The maximum atomic E-state index is 10.2. The van der Waals surface area contributed by atoms with Crippen molar-refractivity contribution in [2.45, 2.75) is 0 Å². The van der Waals surface area contributed by atoms with Crippen LogP contribution in [-0.2, 0) is 14.1 Å². The van der Waals surface area contributed by atoms with Crippen molar-refractivity contribution in [2.75, 3.05) is 0 Å². The summed E-state index contributed by atoms with van der Waals surface area (Å²) in [5, 5.41) is 19.8. The zero-order valence-electron chi connectivity index (χ0n) is 30.7. The molecule has 0 saturated heterocycles. The van der Waals surface area contributed by atoms with Crippen LogP contribution >= 0.6 is 0 Å². The van der Waals surface area contributed by atoms with Crippen LogP contribution in [0.15, 0.2) is 158 Å². The van der Waals surface area contributed by atoms with Crippen LogP contribution in [0.1, 0.15) is 5.56 Å². The molecule has 0 aliphatic heterocycles. The highest BCUT2D eigenvalue weighted by Crippen LogP contribution is 2.46. The Kier molecular flexibility index (Phi) is 6.16. The van der Waals surface area contributed by atoms with Crippen molar-refractivity contribution in [1.29, 1.82) is 5.26 Å². The number of para-hydroxylation sites is 4. The van der Waals surface area contributed by atoms with Gasteiger partial charge in [0.25, 0.3) is 0 Å². The lowest BCUT2D eigenvalue weighted by atomic mass is 10.0. The summed E-state index contributed by atoms with van der Waals surface area (Å²) >= 11 is 0. The number of fused-ring (bicyclic) bond motifs is 14. The fourth-order valence-electron chi connectivity index (χ4n) is 9.74. The van der Waals surface area contributed by atoms with Crippen molar-refractivity contribution in [3.05, 3.63) is 164 Å². The van der Waals surface area contributed by atoms with Gasteiger partial charge in [0.1, 0.15) is 0 Å². The van der Waals surface area contributed by atoms with Crippen LogP contribution in [0.25, 0.3) is 110 Å². The zero-order valence-corrected chi connectivity index (χ0v) is 30.7. The van der Waals surface area contributed by atoms with Gasteiger partial charge >= 0.3 is 0 Å². The fourth-order valence-corrected chi connectivity index (χ4v) is 9.74. The molecule has 0 amide bonds. The van der Waals surface area contributed by atoms with Crippen LogP contribution in [0.3, 0.4) is 0 Å². The standard InChI is InChI=1S/C50H32N6/c1-53-40-18-7-3-14-32(40)36-22-24-38-34-16-5-9-20-42(34)55(49(38)47(36)53)44-28-52-29-45(46(44)31-13-11-12-30(26-31)27-51)56-43-21-10-6-17-35(43)39-25-23-37-33-15-4-8-19-41(33)54(2)48(37)50(39)56/h3-26,28-29H,1-2H3. The van der Waals surface area contributed by atoms with Crippen molar-refractivity contribution in [3.63, 3.8) is 0 Å². The monoisotopic (exact) mass is 716 g/mol. The van der Waals surface area contributed by atoms with E-state index in [0.717, 1.165) is 55.6 Å². The molecule has 6 nitrogen and oxygen atoms in total. The van der Waals surface area contributed by atoms with Gasteiger partial charge in [0.2, 0.25) is 0 Å². The lowest BCUT2D eigenvalue weighted by Crippen LogP contribution is -2.06. The van der Waals surface area contributed by atoms with Crippen molar-refractivity contribution in [2.24, 2.45) is 14.1 Å². The van der Waals surface area contributed by atoms with Crippen molar-refractivity contribution in [1.82, 2.24) is 23.3 Å². The lowest BCUT2D eigenvalue weighted by Gasteiger charge is -2.20. The Morgan fingerprint density at radius 1 is 0.429 bits per heavy atom. The van der Waals surface area contributed by atoms with E-state index >= 15 is 0 Å². The third-order valence-corrected chi connectivity index (χ3v) is 12.1. The third kappa shape index (κ3) is 3.91. The molecule has 56 heavy (non-hydrogen) atoms. The van der Waals surface area contributed by atoms with Gasteiger partial charge in [-0.05, 0) is 42.0 Å². The molecule has 0 bridgehead atoms. The number of rotatable bonds is 3. The van der Waals surface area contributed by atoms with Crippen LogP contribution in [0.5, 0.6) is 0 Å². The molecule has 0 fully saturated rings. The average molecular weight is 717 g/mol. The number of hydrogen-bond donors (Lipinski definition) is 0. The van der Waals surface area contributed by atoms with Crippen molar-refractivity contribution in [3.8, 4) is 28.6 Å². The molecular weight excluding hydrogens is 685 g/mol. The first-order valence-corrected chi connectivity index (χ1v) is 18.9. The molecule has 0 radical (unpaired) electrons. The third-order valence-electron chi connectivity index (χ3n) is 12.1. The second kappa shape index (κ2) is 11.2. The number of hydrogen-bond acceptors (Lipinski definition) is 2. The molecule has 12 aromatic rings. The van der Waals surface area contributed by atoms with Crippen LogP contribution < -0.4 is 0 Å². The van der Waals surface area contributed by atoms with Gasteiger partial charge in [0.15, 0.2) is 0 Å². The summed E-state index contributed by atoms with van der Waals surface area (Å²) in [6.07, 6.45) is 4.01. The summed E-state index contributed by atoms with van der Waals surface area (Å²) in [4.78, 5) is 5.12. The molecule has 0 atom stereocenters. The average Bonchev–Trinajstić information content (AvgIpc) is 3.95. The molecule has 0 N–H and O–H groups in total. The Labute approximate surface area is 320 Å². The minimum absolute atomic E-state index is 0.604. The number of aromatic nitrogens is 5. The Morgan fingerprint density at radius 2 is 0.839 bits per heavy atom. The fraction of sp³-hybridized carbons (Fsp3) is 0.0400. The van der Waals surface area contributed by atoms with E-state index in [1.807, 2.05) is 30.6 Å². The summed E-state index contributed by atoms with van der Waals surface area (Å²) in [5.41, 5.74) is 13.6. The predicted molar refractivity (Wildman–Crippen MR) is 231 cm³/mol. The van der Waals surface area contributed by atoms with Gasteiger partial charge in [-0.3, -0.25) is 4.98 Å². The number of aryl methyl sites for hydroxylation is 2. The molecule has 0 aliphatic rings. The molecule has 12 rings (SSSR count). The Bertz CT molecular complexity index is 3480. The highest BCUT2D eigenvalue weighted by Gasteiger charge is 2.26. The maximum absolute atomic E-state index is 10.2. The summed E-state index contributed by atoms with van der Waals surface area (Å²) in [7, 11) is 4.34. The Balaban J connectivity index is 1.31. The molecular formula is C50H32N6. The number of benzene rings is 7. The van der Waals surface area contributed by atoms with Gasteiger partial charge in [0.05, 0.1) is 68.5 Å². The summed E-state index contributed by atoms with van der Waals surface area (Å²) in [6.45, 7) is 0. The summed E-state index contributed by atoms with van der Waals surface area (Å²) in [5.74, 6) is 0. The van der Waals surface area contributed by atoms with Gasteiger partial charge in [-0.1, -0.05) is 109 Å². The van der Waals surface area contributed by atoms with E-state index in [-0.39, 0.29) is 0 Å². The predicted octanol–water partition coefficient (Wildman–Crippen LogP) is 12.1. The Hall–Kier alpha value is -7.62. The molecule has 5 heterocycles. The largest absolute Gasteiger partial charge is 0.342 e. The molecule has 0 aliphatic carbocycles. The quantitative estimate of drug-likeness (QED) is 0.183. The van der Waals surface area contributed by atoms with E-state index in [4.69, 9.17) is 4.98 Å². The summed E-state index contributed by atoms with van der Waals surface area (Å²) < 4.78 is 9.49. The highest BCUT2D eigenvalue weighted by molar-refractivity contribution is 6.25. The van der Waals surface area contributed by atoms with Crippen molar-refractivity contribution >= 4 is 87.2 Å². The Morgan fingerprint density at radius 3 is 1.30 bits per heavy atom. The molecule has 5 aromatic heterocycles. The van der Waals surface area contributed by atoms with Crippen LogP contribution in [0.4, 0.5) is 0 Å². The molecule has 0 spiro atoms. The molecule has 0 unspecified atom stereocenters. The number of nitriles is 1. The first-order chi connectivity index (χ1) is 27.6. The SMILES string of the molecule is Cn1c2ccccc2c2ccc3c4ccccc4n(-c4cncc(-n5c6ccccc6c6ccc7c8ccccc8n(C)c7c65)c4-c4cccc(C#N)c4)c3c21. The van der Waals surface area contributed by atoms with Crippen LogP contribution in [0.2, 0.25) is 0 Å². The van der Waals surface area contributed by atoms with E-state index in [1.54, 1.807) is 0 Å². The topological polar surface area (TPSA) is 56.4 Å². The van der Waals surface area contributed by atoms with E-state index in [2.05, 4.69) is 166 Å². The first-order valence-electron chi connectivity index (χ1n) is 18.9. The number of nitrogens with zero attached hydrogens (tertiary/aromatic N) is 6. The summed E-state index contributed by atoms with van der Waals surface area (Å²) in [6, 6.07) is 54.2. The van der Waals surface area contributed by atoms with Crippen LogP contribution in [0, 0.1) is 11.3 Å². The minimum Gasteiger partial charge on any atom is -0.342 e. The lowest BCUT2D eigenvalue weighted by molar-refractivity contribution is 1.01. The smallest absolute Gasteiger partial charge is 0.0991 e. The molecule has 6 heteroatoms. The molecule has 262 valence electrons.